The maximum atomic E-state index is 12.0. The summed E-state index contributed by atoms with van der Waals surface area (Å²) in [5.41, 5.74) is 7.26. The zero-order valence-corrected chi connectivity index (χ0v) is 13.4. The van der Waals surface area contributed by atoms with E-state index in [1.165, 1.54) is 0 Å². The average molecular weight is 388 g/mol. The molecular formula is C13H12Br2N2O2. The summed E-state index contributed by atoms with van der Waals surface area (Å²) in [5.74, 6) is 0.631. The first kappa shape index (κ1) is 14.1. The van der Waals surface area contributed by atoms with Gasteiger partial charge in [0.25, 0.3) is 5.56 Å². The van der Waals surface area contributed by atoms with Gasteiger partial charge in [-0.3, -0.25) is 4.79 Å². The molecule has 19 heavy (non-hydrogen) atoms. The van der Waals surface area contributed by atoms with Crippen LogP contribution in [0.4, 0.5) is 5.69 Å². The van der Waals surface area contributed by atoms with Gasteiger partial charge in [-0.2, -0.15) is 0 Å². The van der Waals surface area contributed by atoms with Crippen molar-refractivity contribution in [2.45, 2.75) is 6.54 Å². The number of anilines is 1. The van der Waals surface area contributed by atoms with E-state index in [9.17, 15) is 4.79 Å². The molecule has 100 valence electrons. The molecule has 0 aliphatic carbocycles. The minimum Gasteiger partial charge on any atom is -0.495 e. The smallest absolute Gasteiger partial charge is 0.265 e. The van der Waals surface area contributed by atoms with Crippen LogP contribution in [0.2, 0.25) is 0 Å². The van der Waals surface area contributed by atoms with Crippen LogP contribution in [0.3, 0.4) is 0 Å². The van der Waals surface area contributed by atoms with Crippen molar-refractivity contribution in [3.8, 4) is 5.75 Å². The Kier molecular flexibility index (Phi) is 4.31. The van der Waals surface area contributed by atoms with Crippen LogP contribution in [0.15, 0.2) is 44.2 Å². The lowest BCUT2D eigenvalue weighted by molar-refractivity contribution is 0.417. The van der Waals surface area contributed by atoms with Gasteiger partial charge in [0, 0.05) is 10.7 Å². The van der Waals surface area contributed by atoms with Crippen LogP contribution in [0.1, 0.15) is 5.56 Å². The molecule has 0 atom stereocenters. The van der Waals surface area contributed by atoms with Gasteiger partial charge in [0.15, 0.2) is 0 Å². The van der Waals surface area contributed by atoms with Gasteiger partial charge in [-0.05, 0) is 55.6 Å². The molecule has 4 nitrogen and oxygen atoms in total. The van der Waals surface area contributed by atoms with Crippen LogP contribution in [0.25, 0.3) is 0 Å². The number of halogens is 2. The number of methoxy groups -OCH3 is 1. The molecule has 0 spiro atoms. The van der Waals surface area contributed by atoms with Gasteiger partial charge in [-0.1, -0.05) is 6.07 Å². The Bertz CT molecular complexity index is 668. The highest BCUT2D eigenvalue weighted by molar-refractivity contribution is 9.11. The number of nitrogens with zero attached hydrogens (tertiary/aromatic N) is 1. The molecule has 0 amide bonds. The monoisotopic (exact) mass is 386 g/mol. The largest absolute Gasteiger partial charge is 0.495 e. The number of pyridine rings is 1. The van der Waals surface area contributed by atoms with Gasteiger partial charge in [0.2, 0.25) is 0 Å². The Morgan fingerprint density at radius 3 is 2.68 bits per heavy atom. The SMILES string of the molecule is COc1ccc(Cn2cc(Br)cc(Br)c2=O)cc1N. The fraction of sp³-hybridized carbons (Fsp3) is 0.154. The Morgan fingerprint density at radius 2 is 2.05 bits per heavy atom. The second kappa shape index (κ2) is 5.79. The number of hydrogen-bond donors (Lipinski definition) is 1. The van der Waals surface area contributed by atoms with Crippen molar-refractivity contribution in [2.75, 3.05) is 12.8 Å². The minimum absolute atomic E-state index is 0.0856. The number of nitrogens with two attached hydrogens (primary N) is 1. The van der Waals surface area contributed by atoms with Gasteiger partial charge in [0.1, 0.15) is 5.75 Å². The summed E-state index contributed by atoms with van der Waals surface area (Å²) in [6.07, 6.45) is 1.74. The van der Waals surface area contributed by atoms with Gasteiger partial charge >= 0.3 is 0 Å². The quantitative estimate of drug-likeness (QED) is 0.823. The van der Waals surface area contributed by atoms with Crippen molar-refractivity contribution in [1.29, 1.82) is 0 Å². The summed E-state index contributed by atoms with van der Waals surface area (Å²) in [7, 11) is 1.57. The van der Waals surface area contributed by atoms with Crippen LogP contribution in [-0.4, -0.2) is 11.7 Å². The van der Waals surface area contributed by atoms with E-state index in [-0.39, 0.29) is 5.56 Å². The van der Waals surface area contributed by atoms with E-state index >= 15 is 0 Å². The van der Waals surface area contributed by atoms with Gasteiger partial charge in [0.05, 0.1) is 23.8 Å². The van der Waals surface area contributed by atoms with Crippen LogP contribution in [0, 0.1) is 0 Å². The zero-order valence-electron chi connectivity index (χ0n) is 10.2. The first-order chi connectivity index (χ1) is 9.01. The number of aromatic nitrogens is 1. The predicted octanol–water partition coefficient (Wildman–Crippen LogP) is 3.01. The molecule has 0 aliphatic heterocycles. The maximum Gasteiger partial charge on any atom is 0.265 e. The summed E-state index contributed by atoms with van der Waals surface area (Å²) in [4.78, 5) is 12.0. The molecular weight excluding hydrogens is 376 g/mol. The highest BCUT2D eigenvalue weighted by Crippen LogP contribution is 2.22. The topological polar surface area (TPSA) is 57.2 Å². The van der Waals surface area contributed by atoms with Crippen molar-refractivity contribution >= 4 is 37.5 Å². The van der Waals surface area contributed by atoms with Crippen LogP contribution in [-0.2, 0) is 6.54 Å². The molecule has 0 fully saturated rings. The lowest BCUT2D eigenvalue weighted by atomic mass is 10.2. The second-order valence-corrected chi connectivity index (χ2v) is 5.79. The fourth-order valence-electron chi connectivity index (χ4n) is 1.76. The average Bonchev–Trinajstić information content (AvgIpc) is 2.35. The third-order valence-corrected chi connectivity index (χ3v) is 3.66. The van der Waals surface area contributed by atoms with E-state index in [0.717, 1.165) is 10.0 Å². The summed E-state index contributed by atoms with van der Waals surface area (Å²) >= 11 is 6.60. The fourth-order valence-corrected chi connectivity index (χ4v) is 3.02. The molecule has 1 heterocycles. The number of rotatable bonds is 3. The summed E-state index contributed by atoms with van der Waals surface area (Å²) in [6.45, 7) is 0.449. The normalized spacial score (nSPS) is 10.5. The minimum atomic E-state index is -0.0856. The third kappa shape index (κ3) is 3.19. The highest BCUT2D eigenvalue weighted by Gasteiger charge is 2.06. The Balaban J connectivity index is 2.36. The number of nitrogen functional groups attached to an aromatic ring is 1. The maximum absolute atomic E-state index is 12.0. The van der Waals surface area contributed by atoms with Crippen LogP contribution >= 0.6 is 31.9 Å². The molecule has 2 N–H and O–H groups in total. The van der Waals surface area contributed by atoms with E-state index in [0.29, 0.717) is 22.5 Å². The lowest BCUT2D eigenvalue weighted by Crippen LogP contribution is -2.20. The molecule has 0 unspecified atom stereocenters. The highest BCUT2D eigenvalue weighted by atomic mass is 79.9. The molecule has 0 radical (unpaired) electrons. The van der Waals surface area contributed by atoms with Crippen LogP contribution in [0.5, 0.6) is 5.75 Å². The molecule has 1 aromatic heterocycles. The van der Waals surface area contributed by atoms with Gasteiger partial charge < -0.3 is 15.0 Å². The molecule has 0 bridgehead atoms. The summed E-state index contributed by atoms with van der Waals surface area (Å²) < 4.78 is 8.06. The molecule has 6 heteroatoms. The standard InChI is InChI=1S/C13H12Br2N2O2/c1-19-12-3-2-8(4-11(12)16)6-17-7-9(14)5-10(15)13(17)18/h2-5,7H,6,16H2,1H3. The molecule has 1 aromatic carbocycles. The Morgan fingerprint density at radius 1 is 1.32 bits per heavy atom. The van der Waals surface area contributed by atoms with E-state index in [1.54, 1.807) is 36.1 Å². The van der Waals surface area contributed by atoms with Crippen molar-refractivity contribution in [3.63, 3.8) is 0 Å². The first-order valence-corrected chi connectivity index (χ1v) is 7.07. The molecule has 0 saturated heterocycles. The lowest BCUT2D eigenvalue weighted by Gasteiger charge is -2.10. The van der Waals surface area contributed by atoms with Crippen molar-refractivity contribution < 1.29 is 4.74 Å². The van der Waals surface area contributed by atoms with Crippen molar-refractivity contribution in [2.24, 2.45) is 0 Å². The molecule has 2 aromatic rings. The van der Waals surface area contributed by atoms with E-state index in [2.05, 4.69) is 31.9 Å². The van der Waals surface area contributed by atoms with E-state index in [1.807, 2.05) is 6.07 Å². The molecule has 0 aliphatic rings. The summed E-state index contributed by atoms with van der Waals surface area (Å²) in [6, 6.07) is 7.21. The number of hydrogen-bond acceptors (Lipinski definition) is 3. The third-order valence-electron chi connectivity index (χ3n) is 2.66. The van der Waals surface area contributed by atoms with Crippen molar-refractivity contribution in [3.05, 3.63) is 55.3 Å². The number of benzene rings is 1. The molecule has 0 saturated carbocycles. The van der Waals surface area contributed by atoms with Gasteiger partial charge in [-0.25, -0.2) is 0 Å². The number of ether oxygens (including phenoxy) is 1. The van der Waals surface area contributed by atoms with Gasteiger partial charge in [-0.15, -0.1) is 0 Å². The summed E-state index contributed by atoms with van der Waals surface area (Å²) in [5, 5.41) is 0. The Labute approximate surface area is 127 Å². The predicted molar refractivity (Wildman–Crippen MR) is 82.6 cm³/mol. The second-order valence-electron chi connectivity index (χ2n) is 4.02. The van der Waals surface area contributed by atoms with Crippen LogP contribution < -0.4 is 16.0 Å². The Hall–Kier alpha value is -1.27. The van der Waals surface area contributed by atoms with E-state index in [4.69, 9.17) is 10.5 Å². The van der Waals surface area contributed by atoms with Crippen molar-refractivity contribution in [1.82, 2.24) is 4.57 Å². The first-order valence-electron chi connectivity index (χ1n) is 5.49. The molecule has 2 rings (SSSR count). The van der Waals surface area contributed by atoms with E-state index < -0.39 is 0 Å². The zero-order chi connectivity index (χ0) is 14.0.